The molecule has 0 spiro atoms. The summed E-state index contributed by atoms with van der Waals surface area (Å²) in [5.74, 6) is 1.38. The van der Waals surface area contributed by atoms with Crippen LogP contribution in [0.15, 0.2) is 24.4 Å². The fourth-order valence-corrected chi connectivity index (χ4v) is 1.60. The highest BCUT2D eigenvalue weighted by Crippen LogP contribution is 2.35. The Labute approximate surface area is 111 Å². The zero-order valence-electron chi connectivity index (χ0n) is 11.0. The minimum absolute atomic E-state index is 0.0561. The molecule has 2 N–H and O–H groups in total. The second-order valence-electron chi connectivity index (χ2n) is 3.87. The lowest BCUT2D eigenvalue weighted by Crippen LogP contribution is -2.00. The Morgan fingerprint density at radius 3 is 2.63 bits per heavy atom. The zero-order valence-corrected chi connectivity index (χ0v) is 11.0. The second-order valence-corrected chi connectivity index (χ2v) is 3.87. The smallest absolute Gasteiger partial charge is 0.230 e. The lowest BCUT2D eigenvalue weighted by molar-refractivity contribution is 0.356. The van der Waals surface area contributed by atoms with Gasteiger partial charge in [0.2, 0.25) is 11.8 Å². The average Bonchev–Trinajstić information content (AvgIpc) is 2.42. The maximum Gasteiger partial charge on any atom is 0.230 e. The molecule has 2 aromatic rings. The Morgan fingerprint density at radius 1 is 1.21 bits per heavy atom. The Hall–Kier alpha value is -2.50. The number of rotatable bonds is 4. The third-order valence-corrected chi connectivity index (χ3v) is 2.59. The van der Waals surface area contributed by atoms with Crippen molar-refractivity contribution >= 4 is 11.6 Å². The number of para-hydroxylation sites is 1. The molecule has 100 valence electrons. The van der Waals surface area contributed by atoms with Gasteiger partial charge in [-0.1, -0.05) is 6.07 Å². The highest BCUT2D eigenvalue weighted by Gasteiger charge is 2.11. The van der Waals surface area contributed by atoms with Crippen molar-refractivity contribution in [2.45, 2.75) is 6.92 Å². The van der Waals surface area contributed by atoms with E-state index in [0.29, 0.717) is 22.7 Å². The van der Waals surface area contributed by atoms with Crippen molar-refractivity contribution in [2.75, 3.05) is 19.5 Å². The number of aromatic hydroxyl groups is 1. The summed E-state index contributed by atoms with van der Waals surface area (Å²) in [6, 6.07) is 5.41. The van der Waals surface area contributed by atoms with Gasteiger partial charge in [0.1, 0.15) is 0 Å². The van der Waals surface area contributed by atoms with Crippen LogP contribution in [0.25, 0.3) is 0 Å². The van der Waals surface area contributed by atoms with Crippen LogP contribution in [0.2, 0.25) is 0 Å². The van der Waals surface area contributed by atoms with Crippen LogP contribution in [0.3, 0.4) is 0 Å². The third kappa shape index (κ3) is 2.67. The largest absolute Gasteiger partial charge is 0.493 e. The van der Waals surface area contributed by atoms with Crippen molar-refractivity contribution in [1.82, 2.24) is 9.97 Å². The van der Waals surface area contributed by atoms with E-state index in [1.54, 1.807) is 27.2 Å². The molecular formula is C13H15N3O3. The van der Waals surface area contributed by atoms with Crippen LogP contribution in [0.1, 0.15) is 5.56 Å². The first-order valence-corrected chi connectivity index (χ1v) is 5.66. The molecule has 1 aromatic carbocycles. The maximum absolute atomic E-state index is 9.56. The van der Waals surface area contributed by atoms with Gasteiger partial charge >= 0.3 is 0 Å². The molecule has 0 bridgehead atoms. The predicted molar refractivity (Wildman–Crippen MR) is 71.3 cm³/mol. The van der Waals surface area contributed by atoms with Crippen molar-refractivity contribution in [3.63, 3.8) is 0 Å². The maximum atomic E-state index is 9.56. The number of hydrogen-bond donors (Lipinski definition) is 2. The molecule has 0 unspecified atom stereocenters. The number of benzene rings is 1. The molecular weight excluding hydrogens is 246 g/mol. The van der Waals surface area contributed by atoms with Gasteiger partial charge in [-0.15, -0.1) is 0 Å². The number of aromatic nitrogens is 2. The fraction of sp³-hybridized carbons (Fsp3) is 0.231. The number of aryl methyl sites for hydroxylation is 1. The molecule has 2 rings (SSSR count). The molecule has 1 heterocycles. The summed E-state index contributed by atoms with van der Waals surface area (Å²) >= 11 is 0. The van der Waals surface area contributed by atoms with Gasteiger partial charge in [-0.25, -0.2) is 4.98 Å². The molecule has 6 nitrogen and oxygen atoms in total. The highest BCUT2D eigenvalue weighted by atomic mass is 16.5. The van der Waals surface area contributed by atoms with Crippen LogP contribution in [0, 0.1) is 6.92 Å². The summed E-state index contributed by atoms with van der Waals surface area (Å²) in [5.41, 5.74) is 1.27. The van der Waals surface area contributed by atoms with Gasteiger partial charge < -0.3 is 19.9 Å². The monoisotopic (exact) mass is 261 g/mol. The zero-order chi connectivity index (χ0) is 13.8. The SMILES string of the molecule is COc1cccc(Nc2ncc(C)c(O)n2)c1OC. The summed E-state index contributed by atoms with van der Waals surface area (Å²) in [7, 11) is 3.12. The second kappa shape index (κ2) is 5.43. The molecule has 0 aliphatic carbocycles. The van der Waals surface area contributed by atoms with Gasteiger partial charge in [-0.3, -0.25) is 0 Å². The minimum atomic E-state index is -0.0561. The number of nitrogens with zero attached hydrogens (tertiary/aromatic N) is 2. The van der Waals surface area contributed by atoms with Gasteiger partial charge in [0.15, 0.2) is 11.5 Å². The first-order chi connectivity index (χ1) is 9.15. The van der Waals surface area contributed by atoms with E-state index in [9.17, 15) is 5.11 Å². The standard InChI is InChI=1S/C13H15N3O3/c1-8-7-14-13(16-12(8)17)15-9-5-4-6-10(18-2)11(9)19-3/h4-7H,1-3H3,(H2,14,15,16,17). The molecule has 0 radical (unpaired) electrons. The van der Waals surface area contributed by atoms with Gasteiger partial charge in [-0.05, 0) is 19.1 Å². The van der Waals surface area contributed by atoms with Gasteiger partial charge in [0.05, 0.1) is 19.9 Å². The van der Waals surface area contributed by atoms with Crippen LogP contribution in [0.4, 0.5) is 11.6 Å². The number of anilines is 2. The Morgan fingerprint density at radius 2 is 2.00 bits per heavy atom. The van der Waals surface area contributed by atoms with E-state index < -0.39 is 0 Å². The summed E-state index contributed by atoms with van der Waals surface area (Å²) in [6.45, 7) is 1.73. The minimum Gasteiger partial charge on any atom is -0.493 e. The van der Waals surface area contributed by atoms with Crippen molar-refractivity contribution < 1.29 is 14.6 Å². The van der Waals surface area contributed by atoms with E-state index in [1.807, 2.05) is 12.1 Å². The van der Waals surface area contributed by atoms with E-state index in [2.05, 4.69) is 15.3 Å². The van der Waals surface area contributed by atoms with E-state index in [4.69, 9.17) is 9.47 Å². The Bertz CT molecular complexity index is 587. The summed E-state index contributed by atoms with van der Waals surface area (Å²) in [6.07, 6.45) is 1.54. The summed E-state index contributed by atoms with van der Waals surface area (Å²) in [5, 5.41) is 12.5. The van der Waals surface area contributed by atoms with Crippen molar-refractivity contribution in [3.8, 4) is 17.4 Å². The Balaban J connectivity index is 2.35. The van der Waals surface area contributed by atoms with Crippen molar-refractivity contribution in [2.24, 2.45) is 0 Å². The first kappa shape index (κ1) is 12.9. The molecule has 0 saturated carbocycles. The van der Waals surface area contributed by atoms with Gasteiger partial charge in [0, 0.05) is 11.8 Å². The summed E-state index contributed by atoms with van der Waals surface area (Å²) in [4.78, 5) is 8.02. The lowest BCUT2D eigenvalue weighted by Gasteiger charge is -2.13. The molecule has 0 aliphatic heterocycles. The van der Waals surface area contributed by atoms with Crippen LogP contribution in [0.5, 0.6) is 17.4 Å². The third-order valence-electron chi connectivity index (χ3n) is 2.59. The summed E-state index contributed by atoms with van der Waals surface area (Å²) < 4.78 is 10.5. The van der Waals surface area contributed by atoms with E-state index in [1.165, 1.54) is 6.20 Å². The average molecular weight is 261 g/mol. The van der Waals surface area contributed by atoms with Gasteiger partial charge in [0.25, 0.3) is 0 Å². The number of methoxy groups -OCH3 is 2. The van der Waals surface area contributed by atoms with Gasteiger partial charge in [-0.2, -0.15) is 4.98 Å². The van der Waals surface area contributed by atoms with E-state index in [0.717, 1.165) is 0 Å². The van der Waals surface area contributed by atoms with Crippen LogP contribution in [-0.2, 0) is 0 Å². The highest BCUT2D eigenvalue weighted by molar-refractivity contribution is 5.67. The molecule has 0 amide bonds. The molecule has 19 heavy (non-hydrogen) atoms. The van der Waals surface area contributed by atoms with Crippen LogP contribution < -0.4 is 14.8 Å². The molecule has 1 aromatic heterocycles. The molecule has 0 aliphatic rings. The first-order valence-electron chi connectivity index (χ1n) is 5.66. The van der Waals surface area contributed by atoms with E-state index >= 15 is 0 Å². The lowest BCUT2D eigenvalue weighted by atomic mass is 10.2. The molecule has 0 saturated heterocycles. The molecule has 0 atom stereocenters. The quantitative estimate of drug-likeness (QED) is 0.879. The number of nitrogens with one attached hydrogen (secondary N) is 1. The number of hydrogen-bond acceptors (Lipinski definition) is 6. The van der Waals surface area contributed by atoms with Crippen LogP contribution >= 0.6 is 0 Å². The molecule has 6 heteroatoms. The van der Waals surface area contributed by atoms with Crippen molar-refractivity contribution in [1.29, 1.82) is 0 Å². The Kier molecular flexibility index (Phi) is 3.70. The van der Waals surface area contributed by atoms with Crippen molar-refractivity contribution in [3.05, 3.63) is 30.0 Å². The van der Waals surface area contributed by atoms with Crippen LogP contribution in [-0.4, -0.2) is 29.3 Å². The normalized spacial score (nSPS) is 10.1. The van der Waals surface area contributed by atoms with E-state index in [-0.39, 0.29) is 11.8 Å². The molecule has 0 fully saturated rings. The number of ether oxygens (including phenoxy) is 2. The topological polar surface area (TPSA) is 76.5 Å². The fourth-order valence-electron chi connectivity index (χ4n) is 1.60. The predicted octanol–water partition coefficient (Wildman–Crippen LogP) is 2.25.